The lowest BCUT2D eigenvalue weighted by molar-refractivity contribution is 0.0950. The molecule has 0 saturated carbocycles. The zero-order valence-corrected chi connectivity index (χ0v) is 13.1. The van der Waals surface area contributed by atoms with Crippen molar-refractivity contribution in [3.05, 3.63) is 69.2 Å². The molecule has 1 unspecified atom stereocenters. The van der Waals surface area contributed by atoms with Gasteiger partial charge in [0.15, 0.2) is 5.78 Å². The van der Waals surface area contributed by atoms with Crippen molar-refractivity contribution in [3.63, 3.8) is 0 Å². The maximum Gasteiger partial charge on any atom is 0.170 e. The van der Waals surface area contributed by atoms with Crippen LogP contribution in [-0.2, 0) is 6.42 Å². The van der Waals surface area contributed by atoms with Crippen molar-refractivity contribution in [1.82, 2.24) is 0 Å². The van der Waals surface area contributed by atoms with Crippen LogP contribution in [0, 0.1) is 6.92 Å². The van der Waals surface area contributed by atoms with E-state index in [1.807, 2.05) is 31.2 Å². The third-order valence-corrected chi connectivity index (χ3v) is 4.63. The second-order valence-electron chi connectivity index (χ2n) is 5.47. The Labute approximate surface area is 128 Å². The molecule has 1 nitrogen and oxygen atoms in total. The minimum atomic E-state index is 0.0276. The molecule has 20 heavy (non-hydrogen) atoms. The molecule has 1 aliphatic carbocycles. The van der Waals surface area contributed by atoms with Crippen LogP contribution in [0.5, 0.6) is 0 Å². The van der Waals surface area contributed by atoms with Crippen LogP contribution in [0.25, 0.3) is 0 Å². The number of hydrogen-bond donors (Lipinski definition) is 0. The van der Waals surface area contributed by atoms with Gasteiger partial charge in [0, 0.05) is 16.0 Å². The van der Waals surface area contributed by atoms with Crippen LogP contribution >= 0.6 is 15.9 Å². The van der Waals surface area contributed by atoms with Crippen molar-refractivity contribution in [1.29, 1.82) is 0 Å². The fraction of sp³-hybridized carbons (Fsp3) is 0.278. The number of ketones is 1. The molecule has 1 atom stereocenters. The number of fused-ring (bicyclic) bond motifs is 1. The van der Waals surface area contributed by atoms with Crippen LogP contribution in [-0.4, -0.2) is 5.78 Å². The van der Waals surface area contributed by atoms with Crippen LogP contribution < -0.4 is 0 Å². The number of Topliss-reactive ketones (excluding diaryl/α,β-unsaturated/α-hetero) is 1. The number of rotatable bonds is 2. The Kier molecular flexibility index (Phi) is 3.75. The molecular formula is C18H17BrO. The lowest BCUT2D eigenvalue weighted by atomic mass is 9.78. The van der Waals surface area contributed by atoms with E-state index < -0.39 is 0 Å². The Morgan fingerprint density at radius 1 is 1.20 bits per heavy atom. The van der Waals surface area contributed by atoms with E-state index in [9.17, 15) is 4.79 Å². The van der Waals surface area contributed by atoms with Gasteiger partial charge in [0.1, 0.15) is 0 Å². The van der Waals surface area contributed by atoms with E-state index in [2.05, 4.69) is 34.1 Å². The first kappa shape index (κ1) is 13.6. The highest BCUT2D eigenvalue weighted by atomic mass is 79.9. The molecule has 0 fully saturated rings. The Balaban J connectivity index is 2.00. The Bertz CT molecular complexity index is 660. The molecule has 2 heteroatoms. The highest BCUT2D eigenvalue weighted by Crippen LogP contribution is 2.34. The monoisotopic (exact) mass is 328 g/mol. The van der Waals surface area contributed by atoms with E-state index in [1.165, 1.54) is 11.1 Å². The number of hydrogen-bond acceptors (Lipinski definition) is 1. The average molecular weight is 329 g/mol. The lowest BCUT2D eigenvalue weighted by Gasteiger charge is -2.25. The summed E-state index contributed by atoms with van der Waals surface area (Å²) in [5, 5.41) is 0. The highest BCUT2D eigenvalue weighted by molar-refractivity contribution is 9.10. The summed E-state index contributed by atoms with van der Waals surface area (Å²) in [6, 6.07) is 14.3. The predicted molar refractivity (Wildman–Crippen MR) is 85.3 cm³/mol. The molecule has 0 amide bonds. The minimum Gasteiger partial charge on any atom is -0.293 e. The molecule has 3 rings (SSSR count). The smallest absolute Gasteiger partial charge is 0.170 e. The summed E-state index contributed by atoms with van der Waals surface area (Å²) in [6.07, 6.45) is 3.16. The standard InChI is InChI=1S/C18H17BrO/c1-12-11-14(19)9-10-15(12)18(20)17-8-4-6-13-5-2-3-7-16(13)17/h2-3,5,7,9-11,17H,4,6,8H2,1H3. The van der Waals surface area contributed by atoms with Gasteiger partial charge in [-0.2, -0.15) is 0 Å². The van der Waals surface area contributed by atoms with Gasteiger partial charge < -0.3 is 0 Å². The predicted octanol–water partition coefficient (Wildman–Crippen LogP) is 5.06. The van der Waals surface area contributed by atoms with Crippen LogP contribution in [0.1, 0.15) is 45.8 Å². The van der Waals surface area contributed by atoms with Gasteiger partial charge in [-0.1, -0.05) is 46.3 Å². The number of carbonyl (C=O) groups excluding carboxylic acids is 1. The summed E-state index contributed by atoms with van der Waals surface area (Å²) in [4.78, 5) is 12.9. The van der Waals surface area contributed by atoms with Crippen LogP contribution in [0.15, 0.2) is 46.9 Å². The van der Waals surface area contributed by atoms with Gasteiger partial charge in [-0.3, -0.25) is 4.79 Å². The summed E-state index contributed by atoms with van der Waals surface area (Å²) < 4.78 is 1.02. The van der Waals surface area contributed by atoms with E-state index >= 15 is 0 Å². The molecule has 0 heterocycles. The molecule has 0 aromatic heterocycles. The van der Waals surface area contributed by atoms with E-state index in [4.69, 9.17) is 0 Å². The quantitative estimate of drug-likeness (QED) is 0.704. The van der Waals surface area contributed by atoms with Gasteiger partial charge in [0.25, 0.3) is 0 Å². The number of halogens is 1. The van der Waals surface area contributed by atoms with E-state index in [-0.39, 0.29) is 11.7 Å². The van der Waals surface area contributed by atoms with Gasteiger partial charge in [-0.15, -0.1) is 0 Å². The Morgan fingerprint density at radius 3 is 2.80 bits per heavy atom. The van der Waals surface area contributed by atoms with E-state index in [0.29, 0.717) is 0 Å². The average Bonchev–Trinajstić information content (AvgIpc) is 2.46. The molecule has 0 saturated heterocycles. The molecule has 0 spiro atoms. The zero-order chi connectivity index (χ0) is 14.1. The summed E-state index contributed by atoms with van der Waals surface area (Å²) in [5.41, 5.74) is 4.47. The zero-order valence-electron chi connectivity index (χ0n) is 11.5. The van der Waals surface area contributed by atoms with Gasteiger partial charge in [0.2, 0.25) is 0 Å². The molecule has 0 aliphatic heterocycles. The molecule has 0 bridgehead atoms. The molecule has 2 aromatic carbocycles. The van der Waals surface area contributed by atoms with Crippen LogP contribution in [0.2, 0.25) is 0 Å². The van der Waals surface area contributed by atoms with Crippen molar-refractivity contribution in [2.24, 2.45) is 0 Å². The molecule has 102 valence electrons. The first-order valence-electron chi connectivity index (χ1n) is 7.05. The lowest BCUT2D eigenvalue weighted by Crippen LogP contribution is -2.19. The van der Waals surface area contributed by atoms with Crippen LogP contribution in [0.3, 0.4) is 0 Å². The van der Waals surface area contributed by atoms with Gasteiger partial charge in [-0.05, 0) is 55.0 Å². The molecule has 0 radical (unpaired) electrons. The topological polar surface area (TPSA) is 17.1 Å². The fourth-order valence-electron chi connectivity index (χ4n) is 3.12. The normalized spacial score (nSPS) is 17.6. The third kappa shape index (κ3) is 2.45. The maximum absolute atomic E-state index is 12.9. The molecule has 2 aromatic rings. The van der Waals surface area contributed by atoms with E-state index in [0.717, 1.165) is 34.9 Å². The second-order valence-corrected chi connectivity index (χ2v) is 6.38. The summed E-state index contributed by atoms with van der Waals surface area (Å²) >= 11 is 3.46. The van der Waals surface area contributed by atoms with Gasteiger partial charge >= 0.3 is 0 Å². The first-order chi connectivity index (χ1) is 9.66. The number of carbonyl (C=O) groups is 1. The van der Waals surface area contributed by atoms with Gasteiger partial charge in [0.05, 0.1) is 0 Å². The van der Waals surface area contributed by atoms with E-state index in [1.54, 1.807) is 0 Å². The Hall–Kier alpha value is -1.41. The Morgan fingerprint density at radius 2 is 2.00 bits per heavy atom. The van der Waals surface area contributed by atoms with Crippen LogP contribution in [0.4, 0.5) is 0 Å². The number of aryl methyl sites for hydroxylation is 2. The summed E-state index contributed by atoms with van der Waals surface area (Å²) in [6.45, 7) is 2.01. The molecular weight excluding hydrogens is 312 g/mol. The summed E-state index contributed by atoms with van der Waals surface area (Å²) in [5.74, 6) is 0.293. The maximum atomic E-state index is 12.9. The fourth-order valence-corrected chi connectivity index (χ4v) is 3.59. The van der Waals surface area contributed by atoms with Gasteiger partial charge in [-0.25, -0.2) is 0 Å². The van der Waals surface area contributed by atoms with Crippen molar-refractivity contribution >= 4 is 21.7 Å². The first-order valence-corrected chi connectivity index (χ1v) is 7.84. The molecule has 1 aliphatic rings. The molecule has 0 N–H and O–H groups in total. The highest BCUT2D eigenvalue weighted by Gasteiger charge is 2.27. The summed E-state index contributed by atoms with van der Waals surface area (Å²) in [7, 11) is 0. The minimum absolute atomic E-state index is 0.0276. The number of benzene rings is 2. The van der Waals surface area contributed by atoms with Crippen molar-refractivity contribution in [3.8, 4) is 0 Å². The largest absolute Gasteiger partial charge is 0.293 e. The second kappa shape index (κ2) is 5.53. The van der Waals surface area contributed by atoms with Crippen molar-refractivity contribution in [2.45, 2.75) is 32.1 Å². The SMILES string of the molecule is Cc1cc(Br)ccc1C(=O)C1CCCc2ccccc21. The van der Waals surface area contributed by atoms with Crippen molar-refractivity contribution < 1.29 is 4.79 Å². The third-order valence-electron chi connectivity index (χ3n) is 4.14. The van der Waals surface area contributed by atoms with Crippen molar-refractivity contribution in [2.75, 3.05) is 0 Å².